The molecule has 1 aliphatic rings. The van der Waals surface area contributed by atoms with Gasteiger partial charge in [-0.25, -0.2) is 13.1 Å². The number of rotatable bonds is 4. The summed E-state index contributed by atoms with van der Waals surface area (Å²) in [4.78, 5) is 0.0719. The number of sulfonamides is 1. The number of anilines is 1. The third-order valence-electron chi connectivity index (χ3n) is 4.01. The first kappa shape index (κ1) is 15.6. The molecule has 1 fully saturated rings. The highest BCUT2D eigenvalue weighted by molar-refractivity contribution is 7.89. The average Bonchev–Trinajstić information content (AvgIpc) is 2.42. The van der Waals surface area contributed by atoms with Crippen molar-refractivity contribution < 1.29 is 8.42 Å². The summed E-state index contributed by atoms with van der Waals surface area (Å²) in [5.74, 6) is 0.729. The van der Waals surface area contributed by atoms with Gasteiger partial charge in [0.05, 0.1) is 5.69 Å². The minimum Gasteiger partial charge on any atom is -0.398 e. The Bertz CT molecular complexity index is 567. The molecule has 0 aromatic heterocycles. The topological polar surface area (TPSA) is 72.2 Å². The molecule has 4 nitrogen and oxygen atoms in total. The largest absolute Gasteiger partial charge is 0.398 e. The Morgan fingerprint density at radius 2 is 1.95 bits per heavy atom. The van der Waals surface area contributed by atoms with E-state index in [1.54, 1.807) is 6.07 Å². The Kier molecular flexibility index (Phi) is 4.94. The smallest absolute Gasteiger partial charge is 0.242 e. The van der Waals surface area contributed by atoms with Crippen LogP contribution in [0.4, 0.5) is 5.69 Å². The average molecular weight is 317 g/mol. The third-order valence-corrected chi connectivity index (χ3v) is 5.82. The zero-order chi connectivity index (χ0) is 14.8. The van der Waals surface area contributed by atoms with E-state index in [2.05, 4.69) is 11.6 Å². The zero-order valence-electron chi connectivity index (χ0n) is 11.6. The van der Waals surface area contributed by atoms with Crippen molar-refractivity contribution in [3.05, 3.63) is 23.2 Å². The summed E-state index contributed by atoms with van der Waals surface area (Å²) in [6.45, 7) is 2.18. The maximum atomic E-state index is 12.4. The first-order chi connectivity index (χ1) is 9.42. The summed E-state index contributed by atoms with van der Waals surface area (Å²) >= 11 is 5.86. The molecule has 20 heavy (non-hydrogen) atoms. The van der Waals surface area contributed by atoms with Crippen molar-refractivity contribution in [1.29, 1.82) is 0 Å². The molecule has 0 saturated heterocycles. The summed E-state index contributed by atoms with van der Waals surface area (Å²) in [6.07, 6.45) is 5.10. The molecule has 1 aromatic rings. The first-order valence-electron chi connectivity index (χ1n) is 6.99. The Labute approximate surface area is 125 Å². The highest BCUT2D eigenvalue weighted by atomic mass is 35.5. The van der Waals surface area contributed by atoms with Crippen LogP contribution in [0.3, 0.4) is 0 Å². The highest BCUT2D eigenvalue weighted by Gasteiger charge is 2.26. The fourth-order valence-electron chi connectivity index (χ4n) is 2.71. The molecule has 0 unspecified atom stereocenters. The van der Waals surface area contributed by atoms with E-state index < -0.39 is 10.0 Å². The maximum Gasteiger partial charge on any atom is 0.242 e. The Balaban J connectivity index is 2.10. The summed E-state index contributed by atoms with van der Waals surface area (Å²) in [5.41, 5.74) is 5.97. The molecule has 0 aliphatic heterocycles. The second kappa shape index (κ2) is 6.33. The number of nitrogen functional groups attached to an aromatic ring is 1. The van der Waals surface area contributed by atoms with Gasteiger partial charge in [0.15, 0.2) is 0 Å². The lowest BCUT2D eigenvalue weighted by molar-refractivity contribution is 0.306. The van der Waals surface area contributed by atoms with Crippen LogP contribution in [0.25, 0.3) is 0 Å². The molecular weight excluding hydrogens is 296 g/mol. The van der Waals surface area contributed by atoms with Crippen molar-refractivity contribution >= 4 is 27.3 Å². The van der Waals surface area contributed by atoms with E-state index in [0.717, 1.165) is 31.6 Å². The Morgan fingerprint density at radius 1 is 1.30 bits per heavy atom. The van der Waals surface area contributed by atoms with E-state index in [0.29, 0.717) is 5.02 Å². The number of hydrogen-bond acceptors (Lipinski definition) is 3. The molecule has 112 valence electrons. The van der Waals surface area contributed by atoms with Crippen molar-refractivity contribution in [3.8, 4) is 0 Å². The molecule has 1 saturated carbocycles. The second-order valence-corrected chi connectivity index (χ2v) is 7.55. The standard InChI is InChI=1S/C14H21ClN2O2S/c1-2-10-3-6-12(7-4-10)17-20(18,19)14-9-11(15)5-8-13(14)16/h5,8-10,12,17H,2-4,6-7,16H2,1H3. The van der Waals surface area contributed by atoms with Gasteiger partial charge in [0.25, 0.3) is 0 Å². The van der Waals surface area contributed by atoms with Crippen molar-refractivity contribution in [2.24, 2.45) is 5.92 Å². The van der Waals surface area contributed by atoms with Gasteiger partial charge in [-0.3, -0.25) is 0 Å². The lowest BCUT2D eigenvalue weighted by atomic mass is 9.85. The van der Waals surface area contributed by atoms with E-state index in [9.17, 15) is 8.42 Å². The molecule has 3 N–H and O–H groups in total. The van der Waals surface area contributed by atoms with E-state index in [-0.39, 0.29) is 16.6 Å². The number of halogens is 1. The van der Waals surface area contributed by atoms with Crippen LogP contribution < -0.4 is 10.5 Å². The first-order valence-corrected chi connectivity index (χ1v) is 8.86. The number of hydrogen-bond donors (Lipinski definition) is 2. The van der Waals surface area contributed by atoms with Gasteiger partial charge in [-0.15, -0.1) is 0 Å². The van der Waals surface area contributed by atoms with E-state index in [4.69, 9.17) is 17.3 Å². The molecule has 2 rings (SSSR count). The van der Waals surface area contributed by atoms with Crippen LogP contribution in [-0.4, -0.2) is 14.5 Å². The zero-order valence-corrected chi connectivity index (χ0v) is 13.2. The molecule has 0 spiro atoms. The lowest BCUT2D eigenvalue weighted by Crippen LogP contribution is -2.37. The molecule has 0 bridgehead atoms. The van der Waals surface area contributed by atoms with E-state index in [1.165, 1.54) is 18.6 Å². The summed E-state index contributed by atoms with van der Waals surface area (Å²) in [7, 11) is -3.60. The predicted octanol–water partition coefficient (Wildman–Crippen LogP) is 3.17. The monoisotopic (exact) mass is 316 g/mol. The van der Waals surface area contributed by atoms with Crippen LogP contribution in [-0.2, 0) is 10.0 Å². The second-order valence-electron chi connectivity index (χ2n) is 5.43. The SMILES string of the molecule is CCC1CCC(NS(=O)(=O)c2cc(Cl)ccc2N)CC1. The van der Waals surface area contributed by atoms with Crippen LogP contribution in [0.15, 0.2) is 23.1 Å². The third kappa shape index (κ3) is 3.65. The minimum absolute atomic E-state index is 0.00109. The van der Waals surface area contributed by atoms with Crippen LogP contribution in [0, 0.1) is 5.92 Å². The Hall–Kier alpha value is -0.780. The highest BCUT2D eigenvalue weighted by Crippen LogP contribution is 2.28. The number of benzene rings is 1. The van der Waals surface area contributed by atoms with Gasteiger partial charge in [-0.05, 0) is 49.8 Å². The fourth-order valence-corrected chi connectivity index (χ4v) is 4.41. The minimum atomic E-state index is -3.60. The number of nitrogens with one attached hydrogen (secondary N) is 1. The van der Waals surface area contributed by atoms with E-state index in [1.807, 2.05) is 0 Å². The van der Waals surface area contributed by atoms with Crippen molar-refractivity contribution in [3.63, 3.8) is 0 Å². The summed E-state index contributed by atoms with van der Waals surface area (Å²) < 4.78 is 27.5. The van der Waals surface area contributed by atoms with Gasteiger partial charge < -0.3 is 5.73 Å². The fraction of sp³-hybridized carbons (Fsp3) is 0.571. The molecular formula is C14H21ClN2O2S. The molecule has 0 atom stereocenters. The molecule has 0 heterocycles. The molecule has 6 heteroatoms. The summed E-state index contributed by atoms with van der Waals surface area (Å²) in [6, 6.07) is 4.51. The van der Waals surface area contributed by atoms with Crippen LogP contribution in [0.1, 0.15) is 39.0 Å². The molecule has 0 amide bonds. The van der Waals surface area contributed by atoms with Crippen molar-refractivity contribution in [2.75, 3.05) is 5.73 Å². The van der Waals surface area contributed by atoms with Crippen LogP contribution >= 0.6 is 11.6 Å². The van der Waals surface area contributed by atoms with Gasteiger partial charge in [0.1, 0.15) is 4.90 Å². The number of nitrogens with two attached hydrogens (primary N) is 1. The van der Waals surface area contributed by atoms with Gasteiger partial charge in [0.2, 0.25) is 10.0 Å². The maximum absolute atomic E-state index is 12.4. The van der Waals surface area contributed by atoms with Crippen molar-refractivity contribution in [2.45, 2.75) is 50.0 Å². The Morgan fingerprint density at radius 3 is 2.55 bits per heavy atom. The van der Waals surface area contributed by atoms with Crippen LogP contribution in [0.2, 0.25) is 5.02 Å². The van der Waals surface area contributed by atoms with Gasteiger partial charge in [0, 0.05) is 11.1 Å². The van der Waals surface area contributed by atoms with Gasteiger partial charge in [-0.1, -0.05) is 24.9 Å². The molecule has 0 radical (unpaired) electrons. The quantitative estimate of drug-likeness (QED) is 0.838. The normalized spacial score (nSPS) is 23.7. The van der Waals surface area contributed by atoms with Crippen molar-refractivity contribution in [1.82, 2.24) is 4.72 Å². The summed E-state index contributed by atoms with van der Waals surface area (Å²) in [5, 5.41) is 0.370. The lowest BCUT2D eigenvalue weighted by Gasteiger charge is -2.28. The van der Waals surface area contributed by atoms with Gasteiger partial charge in [-0.2, -0.15) is 0 Å². The molecule has 1 aromatic carbocycles. The van der Waals surface area contributed by atoms with E-state index >= 15 is 0 Å². The van der Waals surface area contributed by atoms with Crippen LogP contribution in [0.5, 0.6) is 0 Å². The van der Waals surface area contributed by atoms with Gasteiger partial charge >= 0.3 is 0 Å². The molecule has 1 aliphatic carbocycles. The predicted molar refractivity (Wildman–Crippen MR) is 82.2 cm³/mol.